The highest BCUT2D eigenvalue weighted by molar-refractivity contribution is 7.13. The molecule has 0 aromatic rings. The highest BCUT2D eigenvalue weighted by Crippen LogP contribution is 2.25. The molecule has 3 nitrogen and oxygen atoms in total. The second-order valence-electron chi connectivity index (χ2n) is 4.57. The van der Waals surface area contributed by atoms with E-state index in [2.05, 4.69) is 21.1 Å². The summed E-state index contributed by atoms with van der Waals surface area (Å²) in [6, 6.07) is 0.613. The molecule has 1 saturated carbocycles. The van der Waals surface area contributed by atoms with Crippen LogP contribution >= 0.6 is 9.39 Å². The summed E-state index contributed by atoms with van der Waals surface area (Å²) in [5, 5.41) is 9.01. The van der Waals surface area contributed by atoms with E-state index in [0.717, 1.165) is 38.5 Å². The van der Waals surface area contributed by atoms with E-state index in [1.807, 2.05) is 0 Å². The molecule has 0 aromatic heterocycles. The van der Waals surface area contributed by atoms with Crippen LogP contribution in [-0.2, 0) is 4.79 Å². The molecule has 0 amide bonds. The van der Waals surface area contributed by atoms with E-state index in [1.54, 1.807) is 0 Å². The van der Waals surface area contributed by atoms with Crippen LogP contribution in [0.25, 0.3) is 0 Å². The highest BCUT2D eigenvalue weighted by Gasteiger charge is 2.20. The second kappa shape index (κ2) is 6.44. The van der Waals surface area contributed by atoms with Gasteiger partial charge in [-0.15, -0.1) is 0 Å². The second-order valence-corrected chi connectivity index (χ2v) is 5.38. The number of nitrogens with zero attached hydrogens (tertiary/aromatic N) is 1. The van der Waals surface area contributed by atoms with Crippen LogP contribution in [0.15, 0.2) is 0 Å². The maximum absolute atomic E-state index is 10.9. The average Bonchev–Trinajstić information content (AvgIpc) is 2.27. The van der Waals surface area contributed by atoms with Gasteiger partial charge in [-0.1, -0.05) is 28.7 Å². The van der Waals surface area contributed by atoms with Gasteiger partial charge in [-0.3, -0.25) is 9.46 Å². The van der Waals surface area contributed by atoms with Crippen molar-refractivity contribution in [3.63, 3.8) is 0 Å². The van der Waals surface area contributed by atoms with Crippen LogP contribution in [0.1, 0.15) is 44.9 Å². The lowest BCUT2D eigenvalue weighted by atomic mass is 9.97. The van der Waals surface area contributed by atoms with Gasteiger partial charge in [-0.25, -0.2) is 0 Å². The van der Waals surface area contributed by atoms with E-state index < -0.39 is 5.97 Å². The van der Waals surface area contributed by atoms with Crippen molar-refractivity contribution in [2.24, 2.45) is 5.92 Å². The van der Waals surface area contributed by atoms with Crippen molar-refractivity contribution in [1.29, 1.82) is 0 Å². The largest absolute Gasteiger partial charge is 0.481 e. The van der Waals surface area contributed by atoms with Gasteiger partial charge in [0.15, 0.2) is 0 Å². The minimum atomic E-state index is -0.604. The summed E-state index contributed by atoms with van der Waals surface area (Å²) < 4.78 is 2.20. The van der Waals surface area contributed by atoms with E-state index >= 15 is 0 Å². The van der Waals surface area contributed by atoms with Crippen molar-refractivity contribution in [1.82, 2.24) is 4.67 Å². The molecular formula is C11H22NO2P. The molecule has 0 aromatic carbocycles. The fourth-order valence-corrected chi connectivity index (χ4v) is 2.61. The Hall–Kier alpha value is -0.140. The molecule has 15 heavy (non-hydrogen) atoms. The summed E-state index contributed by atoms with van der Waals surface area (Å²) in [4.78, 5) is 10.9. The third-order valence-corrected chi connectivity index (χ3v) is 3.78. The van der Waals surface area contributed by atoms with Crippen LogP contribution in [0, 0.1) is 5.92 Å². The van der Waals surface area contributed by atoms with Crippen molar-refractivity contribution in [3.05, 3.63) is 0 Å². The normalized spacial score (nSPS) is 29.3. The number of aliphatic carboxylic acids is 1. The van der Waals surface area contributed by atoms with Gasteiger partial charge >= 0.3 is 5.97 Å². The van der Waals surface area contributed by atoms with Crippen LogP contribution in [0.5, 0.6) is 0 Å². The fraction of sp³-hybridized carbons (Fsp3) is 0.909. The lowest BCUT2D eigenvalue weighted by molar-refractivity contribution is -0.142. The number of hydrogen-bond donors (Lipinski definition) is 1. The van der Waals surface area contributed by atoms with Gasteiger partial charge in [0.1, 0.15) is 0 Å². The molecule has 0 bridgehead atoms. The number of carboxylic acids is 1. The molecule has 1 aliphatic carbocycles. The molecule has 88 valence electrons. The zero-order chi connectivity index (χ0) is 11.3. The molecule has 0 aliphatic heterocycles. The Labute approximate surface area is 94.5 Å². The smallest absolute Gasteiger partial charge is 0.306 e. The molecule has 1 fully saturated rings. The Balaban J connectivity index is 2.44. The predicted octanol–water partition coefficient (Wildman–Crippen LogP) is 2.52. The third-order valence-electron chi connectivity index (χ3n) is 3.36. The van der Waals surface area contributed by atoms with Crippen LogP contribution in [0.2, 0.25) is 0 Å². The molecule has 0 saturated heterocycles. The van der Waals surface area contributed by atoms with Crippen molar-refractivity contribution in [3.8, 4) is 0 Å². The Morgan fingerprint density at radius 3 is 2.33 bits per heavy atom. The standard InChI is InChI=1S/C11H22NO2P/c1-12(15)10-7-3-2-5-9(11(13)14)6-4-8-10/h9-10H,2-8,15H2,1H3,(H,13,14). The van der Waals surface area contributed by atoms with Crippen LogP contribution in [0.4, 0.5) is 0 Å². The molecule has 3 atom stereocenters. The van der Waals surface area contributed by atoms with E-state index in [0.29, 0.717) is 6.04 Å². The third kappa shape index (κ3) is 4.48. The van der Waals surface area contributed by atoms with Gasteiger partial charge in [-0.2, -0.15) is 0 Å². The molecule has 0 spiro atoms. The van der Waals surface area contributed by atoms with Gasteiger partial charge in [-0.05, 0) is 32.7 Å². The zero-order valence-electron chi connectivity index (χ0n) is 9.48. The summed E-state index contributed by atoms with van der Waals surface area (Å²) in [6.07, 6.45) is 7.31. The number of hydrogen-bond acceptors (Lipinski definition) is 2. The average molecular weight is 231 g/mol. The minimum absolute atomic E-state index is 0.0986. The Kier molecular flexibility index (Phi) is 5.55. The molecule has 1 rings (SSSR count). The summed E-state index contributed by atoms with van der Waals surface area (Å²) in [5.74, 6) is -0.703. The molecule has 0 radical (unpaired) electrons. The number of rotatable bonds is 2. The SMILES string of the molecule is CN(P)C1CCCCC(C(=O)O)CCC1. The zero-order valence-corrected chi connectivity index (χ0v) is 10.6. The first-order chi connectivity index (χ1) is 7.11. The van der Waals surface area contributed by atoms with Crippen molar-refractivity contribution in [2.75, 3.05) is 7.05 Å². The molecule has 3 unspecified atom stereocenters. The van der Waals surface area contributed by atoms with Crippen LogP contribution in [-0.4, -0.2) is 28.8 Å². The highest BCUT2D eigenvalue weighted by atomic mass is 31.0. The first-order valence-electron chi connectivity index (χ1n) is 5.81. The minimum Gasteiger partial charge on any atom is -0.481 e. The van der Waals surface area contributed by atoms with Crippen LogP contribution in [0.3, 0.4) is 0 Å². The van der Waals surface area contributed by atoms with E-state index in [-0.39, 0.29) is 5.92 Å². The summed E-state index contributed by atoms with van der Waals surface area (Å²) in [5.41, 5.74) is 0. The summed E-state index contributed by atoms with van der Waals surface area (Å²) in [7, 11) is 4.81. The van der Waals surface area contributed by atoms with Gasteiger partial charge < -0.3 is 5.11 Å². The first kappa shape index (κ1) is 12.9. The topological polar surface area (TPSA) is 40.5 Å². The van der Waals surface area contributed by atoms with Gasteiger partial charge in [0.05, 0.1) is 5.92 Å². The van der Waals surface area contributed by atoms with Gasteiger partial charge in [0.25, 0.3) is 0 Å². The van der Waals surface area contributed by atoms with Crippen LogP contribution < -0.4 is 0 Å². The van der Waals surface area contributed by atoms with Crippen molar-refractivity contribution >= 4 is 15.4 Å². The Morgan fingerprint density at radius 2 is 1.73 bits per heavy atom. The van der Waals surface area contributed by atoms with E-state index in [9.17, 15) is 4.79 Å². The predicted molar refractivity (Wildman–Crippen MR) is 64.7 cm³/mol. The lowest BCUT2D eigenvalue weighted by Gasteiger charge is -2.23. The molecular weight excluding hydrogens is 209 g/mol. The summed E-state index contributed by atoms with van der Waals surface area (Å²) in [6.45, 7) is 0. The molecule has 1 aliphatic rings. The Bertz CT molecular complexity index is 209. The molecule has 0 heterocycles. The molecule has 1 N–H and O–H groups in total. The van der Waals surface area contributed by atoms with Crippen molar-refractivity contribution in [2.45, 2.75) is 51.0 Å². The quantitative estimate of drug-likeness (QED) is 0.742. The number of carbonyl (C=O) groups is 1. The van der Waals surface area contributed by atoms with E-state index in [4.69, 9.17) is 5.11 Å². The van der Waals surface area contributed by atoms with Gasteiger partial charge in [0, 0.05) is 6.04 Å². The van der Waals surface area contributed by atoms with Gasteiger partial charge in [0.2, 0.25) is 0 Å². The van der Waals surface area contributed by atoms with Crippen molar-refractivity contribution < 1.29 is 9.90 Å². The maximum atomic E-state index is 10.9. The fourth-order valence-electron chi connectivity index (χ4n) is 2.31. The maximum Gasteiger partial charge on any atom is 0.306 e. The first-order valence-corrected chi connectivity index (χ1v) is 6.33. The number of carboxylic acid groups (broad SMARTS) is 1. The Morgan fingerprint density at radius 1 is 1.20 bits per heavy atom. The monoisotopic (exact) mass is 231 g/mol. The lowest BCUT2D eigenvalue weighted by Crippen LogP contribution is -2.22. The summed E-state index contributed by atoms with van der Waals surface area (Å²) >= 11 is 0. The molecule has 4 heteroatoms. The van der Waals surface area contributed by atoms with E-state index in [1.165, 1.54) is 6.42 Å².